The monoisotopic (exact) mass is 214 g/mol. The highest BCUT2D eigenvalue weighted by atomic mass is 16.3. The average molecular weight is 214 g/mol. The van der Waals surface area contributed by atoms with Gasteiger partial charge in [-0.25, -0.2) is 0 Å². The van der Waals surface area contributed by atoms with Crippen molar-refractivity contribution < 1.29 is 14.7 Å². The number of hydrogen-bond donors (Lipinski definition) is 1. The largest absolute Gasteiger partial charge is 0.507 e. The van der Waals surface area contributed by atoms with Crippen molar-refractivity contribution in [3.8, 4) is 0 Å². The third-order valence-corrected chi connectivity index (χ3v) is 2.51. The Morgan fingerprint density at radius 2 is 1.69 bits per heavy atom. The summed E-state index contributed by atoms with van der Waals surface area (Å²) >= 11 is 0. The molecule has 1 aliphatic carbocycles. The fraction of sp³-hybridized carbons (Fsp3) is 0.0769. The lowest BCUT2D eigenvalue weighted by atomic mass is 10.1. The predicted octanol–water partition coefficient (Wildman–Crippen LogP) is 2.05. The van der Waals surface area contributed by atoms with Crippen molar-refractivity contribution in [3.63, 3.8) is 0 Å². The standard InChI is InChI=1S/C13H10O3/c1-8-11(14)10(13(16)12(8)15)7-9-5-3-2-4-6-9/h2-7,14H,1H3. The average Bonchev–Trinajstić information content (AvgIpc) is 2.48. The molecule has 80 valence electrons. The van der Waals surface area contributed by atoms with E-state index in [0.717, 1.165) is 5.56 Å². The second-order valence-corrected chi connectivity index (χ2v) is 3.60. The first-order chi connectivity index (χ1) is 7.61. The third-order valence-electron chi connectivity index (χ3n) is 2.51. The number of carbonyl (C=O) groups excluding carboxylic acids is 2. The van der Waals surface area contributed by atoms with Gasteiger partial charge in [0.15, 0.2) is 0 Å². The van der Waals surface area contributed by atoms with E-state index in [1.165, 1.54) is 13.0 Å². The first kappa shape index (κ1) is 10.4. The molecule has 0 atom stereocenters. The molecule has 0 unspecified atom stereocenters. The fourth-order valence-electron chi connectivity index (χ4n) is 1.56. The maximum Gasteiger partial charge on any atom is 0.237 e. The van der Waals surface area contributed by atoms with Gasteiger partial charge >= 0.3 is 0 Å². The topological polar surface area (TPSA) is 54.4 Å². The minimum absolute atomic E-state index is 0.0775. The van der Waals surface area contributed by atoms with Crippen LogP contribution in [-0.2, 0) is 9.59 Å². The van der Waals surface area contributed by atoms with E-state index in [9.17, 15) is 14.7 Å². The van der Waals surface area contributed by atoms with Crippen LogP contribution in [0.15, 0.2) is 47.2 Å². The highest BCUT2D eigenvalue weighted by Gasteiger charge is 2.33. The molecule has 0 saturated heterocycles. The Morgan fingerprint density at radius 1 is 1.06 bits per heavy atom. The van der Waals surface area contributed by atoms with Gasteiger partial charge in [0.05, 0.1) is 5.57 Å². The van der Waals surface area contributed by atoms with Crippen LogP contribution in [0.4, 0.5) is 0 Å². The van der Waals surface area contributed by atoms with Gasteiger partial charge in [0.2, 0.25) is 11.6 Å². The van der Waals surface area contributed by atoms with Crippen molar-refractivity contribution in [2.75, 3.05) is 0 Å². The van der Waals surface area contributed by atoms with Crippen LogP contribution >= 0.6 is 0 Å². The van der Waals surface area contributed by atoms with Gasteiger partial charge < -0.3 is 5.11 Å². The van der Waals surface area contributed by atoms with Crippen molar-refractivity contribution >= 4 is 17.6 Å². The second-order valence-electron chi connectivity index (χ2n) is 3.60. The van der Waals surface area contributed by atoms with Crippen LogP contribution in [-0.4, -0.2) is 16.7 Å². The van der Waals surface area contributed by atoms with Crippen LogP contribution in [0.5, 0.6) is 0 Å². The van der Waals surface area contributed by atoms with Gasteiger partial charge in [-0.15, -0.1) is 0 Å². The molecule has 0 amide bonds. The molecule has 0 fully saturated rings. The van der Waals surface area contributed by atoms with Gasteiger partial charge in [-0.3, -0.25) is 9.59 Å². The number of ketones is 2. The minimum Gasteiger partial charge on any atom is -0.507 e. The Hall–Kier alpha value is -2.16. The molecule has 1 aliphatic rings. The van der Waals surface area contributed by atoms with E-state index in [4.69, 9.17) is 0 Å². The lowest BCUT2D eigenvalue weighted by Crippen LogP contribution is -2.08. The molecule has 2 rings (SSSR count). The molecular formula is C13H10O3. The molecule has 0 aromatic heterocycles. The highest BCUT2D eigenvalue weighted by Crippen LogP contribution is 2.25. The minimum atomic E-state index is -0.640. The van der Waals surface area contributed by atoms with Crippen LogP contribution in [0, 0.1) is 0 Å². The summed E-state index contributed by atoms with van der Waals surface area (Å²) < 4.78 is 0. The van der Waals surface area contributed by atoms with Gasteiger partial charge in [-0.2, -0.15) is 0 Å². The Balaban J connectivity index is 2.47. The molecule has 0 spiro atoms. The number of allylic oxidation sites excluding steroid dienone is 2. The van der Waals surface area contributed by atoms with E-state index < -0.39 is 11.6 Å². The maximum atomic E-state index is 11.5. The number of benzene rings is 1. The zero-order valence-corrected chi connectivity index (χ0v) is 8.73. The summed E-state index contributed by atoms with van der Waals surface area (Å²) in [5.74, 6) is -1.47. The van der Waals surface area contributed by atoms with Gasteiger partial charge in [0.1, 0.15) is 5.76 Å². The predicted molar refractivity (Wildman–Crippen MR) is 59.8 cm³/mol. The van der Waals surface area contributed by atoms with Crippen molar-refractivity contribution in [3.05, 3.63) is 52.8 Å². The van der Waals surface area contributed by atoms with Crippen molar-refractivity contribution in [1.82, 2.24) is 0 Å². The Kier molecular flexibility index (Phi) is 2.44. The molecule has 1 N–H and O–H groups in total. The maximum absolute atomic E-state index is 11.5. The zero-order valence-electron chi connectivity index (χ0n) is 8.73. The van der Waals surface area contributed by atoms with Crippen LogP contribution in [0.25, 0.3) is 6.08 Å². The van der Waals surface area contributed by atoms with Crippen LogP contribution in [0.1, 0.15) is 12.5 Å². The summed E-state index contributed by atoms with van der Waals surface area (Å²) in [5, 5.41) is 9.63. The van der Waals surface area contributed by atoms with Gasteiger partial charge in [-0.1, -0.05) is 30.3 Å². The summed E-state index contributed by atoms with van der Waals surface area (Å²) in [4.78, 5) is 22.8. The summed E-state index contributed by atoms with van der Waals surface area (Å²) in [6.07, 6.45) is 1.52. The number of carbonyl (C=O) groups is 2. The third kappa shape index (κ3) is 1.56. The first-order valence-electron chi connectivity index (χ1n) is 4.87. The van der Waals surface area contributed by atoms with Crippen LogP contribution in [0.2, 0.25) is 0 Å². The number of rotatable bonds is 1. The molecule has 3 heteroatoms. The summed E-state index contributed by atoms with van der Waals surface area (Å²) in [7, 11) is 0. The molecular weight excluding hydrogens is 204 g/mol. The molecule has 3 nitrogen and oxygen atoms in total. The molecule has 0 aliphatic heterocycles. The molecule has 1 aromatic rings. The van der Waals surface area contributed by atoms with E-state index >= 15 is 0 Å². The van der Waals surface area contributed by atoms with E-state index in [1.807, 2.05) is 18.2 Å². The van der Waals surface area contributed by atoms with Gasteiger partial charge in [0, 0.05) is 5.57 Å². The number of aliphatic hydroxyl groups excluding tert-OH is 1. The molecule has 0 radical (unpaired) electrons. The highest BCUT2D eigenvalue weighted by molar-refractivity contribution is 6.53. The summed E-state index contributed by atoms with van der Waals surface area (Å²) in [5.41, 5.74) is 0.973. The Bertz CT molecular complexity index is 521. The van der Waals surface area contributed by atoms with Crippen molar-refractivity contribution in [2.45, 2.75) is 6.92 Å². The molecule has 0 saturated carbocycles. The van der Waals surface area contributed by atoms with E-state index in [2.05, 4.69) is 0 Å². The summed E-state index contributed by atoms with van der Waals surface area (Å²) in [6.45, 7) is 1.45. The van der Waals surface area contributed by atoms with E-state index in [1.54, 1.807) is 12.1 Å². The van der Waals surface area contributed by atoms with E-state index in [-0.39, 0.29) is 16.9 Å². The van der Waals surface area contributed by atoms with Gasteiger partial charge in [-0.05, 0) is 18.6 Å². The van der Waals surface area contributed by atoms with Crippen LogP contribution < -0.4 is 0 Å². The van der Waals surface area contributed by atoms with E-state index in [0.29, 0.717) is 0 Å². The van der Waals surface area contributed by atoms with Crippen molar-refractivity contribution in [2.24, 2.45) is 0 Å². The SMILES string of the molecule is CC1=C(O)C(=Cc2ccccc2)C(=O)C1=O. The van der Waals surface area contributed by atoms with Crippen molar-refractivity contribution in [1.29, 1.82) is 0 Å². The lowest BCUT2D eigenvalue weighted by Gasteiger charge is -1.96. The molecule has 16 heavy (non-hydrogen) atoms. The fourth-order valence-corrected chi connectivity index (χ4v) is 1.56. The smallest absolute Gasteiger partial charge is 0.237 e. The molecule has 1 aromatic carbocycles. The lowest BCUT2D eigenvalue weighted by molar-refractivity contribution is -0.131. The second kappa shape index (κ2) is 3.77. The Morgan fingerprint density at radius 3 is 2.19 bits per heavy atom. The van der Waals surface area contributed by atoms with Crippen LogP contribution in [0.3, 0.4) is 0 Å². The molecule has 0 heterocycles. The quantitative estimate of drug-likeness (QED) is 0.575. The zero-order chi connectivity index (χ0) is 11.7. The number of aliphatic hydroxyl groups is 1. The van der Waals surface area contributed by atoms with Gasteiger partial charge in [0.25, 0.3) is 0 Å². The number of Topliss-reactive ketones (excluding diaryl/α,β-unsaturated/α-hetero) is 2. The Labute approximate surface area is 92.7 Å². The first-order valence-corrected chi connectivity index (χ1v) is 4.87. The molecule has 0 bridgehead atoms. The normalized spacial score (nSPS) is 18.7. The summed E-state index contributed by atoms with van der Waals surface area (Å²) in [6, 6.07) is 9.09. The number of hydrogen-bond acceptors (Lipinski definition) is 3.